The molecule has 1 N–H and O–H groups in total. The van der Waals surface area contributed by atoms with Crippen molar-refractivity contribution in [2.45, 2.75) is 50.9 Å². The average molecular weight is 404 g/mol. The van der Waals surface area contributed by atoms with E-state index in [0.717, 1.165) is 17.5 Å². The molecule has 0 radical (unpaired) electrons. The zero-order chi connectivity index (χ0) is 21.1. The number of carbonyl (C=O) groups excluding carboxylic acids is 1. The summed E-state index contributed by atoms with van der Waals surface area (Å²) in [5, 5.41) is 14.5. The lowest BCUT2D eigenvalue weighted by Gasteiger charge is -2.32. The molecule has 0 bridgehead atoms. The molecule has 3 rings (SSSR count). The molecule has 7 heteroatoms. The summed E-state index contributed by atoms with van der Waals surface area (Å²) >= 11 is 0. The van der Waals surface area contributed by atoms with Crippen molar-refractivity contribution in [2.75, 3.05) is 0 Å². The third-order valence-electron chi connectivity index (χ3n) is 5.07. The van der Waals surface area contributed by atoms with E-state index in [1.54, 1.807) is 24.3 Å². The second-order valence-corrected chi connectivity index (χ2v) is 7.13. The van der Waals surface area contributed by atoms with Gasteiger partial charge in [0.05, 0.1) is 12.1 Å². The van der Waals surface area contributed by atoms with Crippen LogP contribution in [0.15, 0.2) is 59.7 Å². The number of aryl methyl sites for hydroxylation is 2. The Kier molecular flexibility index (Phi) is 6.07. The van der Waals surface area contributed by atoms with Crippen molar-refractivity contribution in [2.24, 2.45) is 5.10 Å². The van der Waals surface area contributed by atoms with Gasteiger partial charge in [-0.15, -0.1) is 0 Å². The zero-order valence-corrected chi connectivity index (χ0v) is 16.1. The third-order valence-corrected chi connectivity index (χ3v) is 5.07. The highest BCUT2D eigenvalue weighted by Gasteiger charge is 2.63. The molecule has 0 fully saturated rings. The van der Waals surface area contributed by atoms with Crippen LogP contribution in [0.5, 0.6) is 0 Å². The molecule has 2 aromatic carbocycles. The van der Waals surface area contributed by atoms with Crippen LogP contribution in [0.2, 0.25) is 0 Å². The van der Waals surface area contributed by atoms with Crippen LogP contribution >= 0.6 is 0 Å². The topological polar surface area (TPSA) is 52.9 Å². The molecular formula is C22H23F3N2O2. The Bertz CT molecular complexity index is 879. The lowest BCUT2D eigenvalue weighted by Crippen LogP contribution is -2.56. The van der Waals surface area contributed by atoms with Gasteiger partial charge >= 0.3 is 6.18 Å². The fourth-order valence-corrected chi connectivity index (χ4v) is 3.32. The van der Waals surface area contributed by atoms with Gasteiger partial charge in [-0.3, -0.25) is 4.79 Å². The Hall–Kier alpha value is -2.67. The molecule has 0 saturated carbocycles. The van der Waals surface area contributed by atoms with Crippen LogP contribution in [0.25, 0.3) is 0 Å². The summed E-state index contributed by atoms with van der Waals surface area (Å²) in [5.41, 5.74) is -0.788. The summed E-state index contributed by atoms with van der Waals surface area (Å²) in [7, 11) is 0. The van der Waals surface area contributed by atoms with Crippen molar-refractivity contribution in [1.82, 2.24) is 5.01 Å². The van der Waals surface area contributed by atoms with E-state index in [9.17, 15) is 23.1 Å². The first-order chi connectivity index (χ1) is 13.7. The van der Waals surface area contributed by atoms with Gasteiger partial charge in [-0.25, -0.2) is 0 Å². The second-order valence-electron chi connectivity index (χ2n) is 7.13. The van der Waals surface area contributed by atoms with Crippen molar-refractivity contribution >= 4 is 11.6 Å². The van der Waals surface area contributed by atoms with E-state index in [0.29, 0.717) is 18.4 Å². The van der Waals surface area contributed by atoms with E-state index in [1.807, 2.05) is 37.3 Å². The Morgan fingerprint density at radius 2 is 1.76 bits per heavy atom. The van der Waals surface area contributed by atoms with E-state index in [1.165, 1.54) is 0 Å². The normalized spacial score (nSPS) is 19.3. The highest BCUT2D eigenvalue weighted by Crippen LogP contribution is 2.41. The number of hydrazone groups is 1. The molecule has 0 unspecified atom stereocenters. The van der Waals surface area contributed by atoms with Gasteiger partial charge in [0, 0.05) is 6.42 Å². The van der Waals surface area contributed by atoms with Crippen LogP contribution in [0.1, 0.15) is 42.9 Å². The van der Waals surface area contributed by atoms with Crippen LogP contribution < -0.4 is 0 Å². The van der Waals surface area contributed by atoms with E-state index < -0.39 is 24.2 Å². The maximum absolute atomic E-state index is 13.6. The Morgan fingerprint density at radius 3 is 2.34 bits per heavy atom. The summed E-state index contributed by atoms with van der Waals surface area (Å²) in [6.45, 7) is 1.97. The number of amides is 1. The number of rotatable bonds is 6. The molecule has 4 nitrogen and oxygen atoms in total. The quantitative estimate of drug-likeness (QED) is 0.773. The fraction of sp³-hybridized carbons (Fsp3) is 0.364. The van der Waals surface area contributed by atoms with Gasteiger partial charge in [-0.2, -0.15) is 23.3 Å². The standard InChI is InChI=1S/C22H23F3N2O2/c1-2-16-11-13-18(14-12-16)19-15-21(29,22(23,24)25)27(26-19)20(28)10-6-9-17-7-4-3-5-8-17/h3-5,7-8,11-14,29H,2,6,9-10,15H2,1H3/t21-/m1/s1. The van der Waals surface area contributed by atoms with E-state index in [-0.39, 0.29) is 17.1 Å². The van der Waals surface area contributed by atoms with E-state index in [2.05, 4.69) is 5.10 Å². The molecule has 1 atom stereocenters. The molecule has 29 heavy (non-hydrogen) atoms. The molecule has 1 aliphatic heterocycles. The Labute approximate surface area is 167 Å². The van der Waals surface area contributed by atoms with Crippen LogP contribution in [0, 0.1) is 0 Å². The summed E-state index contributed by atoms with van der Waals surface area (Å²) in [5.74, 6) is -0.846. The minimum absolute atomic E-state index is 0.0453. The SMILES string of the molecule is CCc1ccc(C2=NN(C(=O)CCCc3ccccc3)[C@](O)(C(F)(F)F)C2)cc1. The highest BCUT2D eigenvalue weighted by molar-refractivity contribution is 6.03. The average Bonchev–Trinajstić information content (AvgIpc) is 3.08. The maximum atomic E-state index is 13.6. The van der Waals surface area contributed by atoms with E-state index in [4.69, 9.17) is 0 Å². The monoisotopic (exact) mass is 404 g/mol. The van der Waals surface area contributed by atoms with Crippen molar-refractivity contribution in [3.63, 3.8) is 0 Å². The van der Waals surface area contributed by atoms with Crippen LogP contribution in [-0.4, -0.2) is 33.6 Å². The Morgan fingerprint density at radius 1 is 1.10 bits per heavy atom. The number of benzene rings is 2. The Balaban J connectivity index is 1.77. The van der Waals surface area contributed by atoms with Gasteiger partial charge in [-0.1, -0.05) is 61.5 Å². The van der Waals surface area contributed by atoms with Gasteiger partial charge in [0.15, 0.2) is 0 Å². The predicted molar refractivity (Wildman–Crippen MR) is 104 cm³/mol. The summed E-state index contributed by atoms with van der Waals surface area (Å²) in [6, 6.07) is 16.3. The highest BCUT2D eigenvalue weighted by atomic mass is 19.4. The van der Waals surface area contributed by atoms with Crippen LogP contribution in [0.3, 0.4) is 0 Å². The first kappa shape index (κ1) is 21.0. The number of alkyl halides is 3. The molecule has 0 aromatic heterocycles. The van der Waals surface area contributed by atoms with Gasteiger partial charge < -0.3 is 5.11 Å². The minimum atomic E-state index is -5.02. The van der Waals surface area contributed by atoms with Gasteiger partial charge in [0.2, 0.25) is 5.91 Å². The minimum Gasteiger partial charge on any atom is -0.362 e. The number of carbonyl (C=O) groups is 1. The third kappa shape index (κ3) is 4.50. The summed E-state index contributed by atoms with van der Waals surface area (Å²) in [6.07, 6.45) is -4.23. The maximum Gasteiger partial charge on any atom is 0.438 e. The van der Waals surface area contributed by atoms with Crippen molar-refractivity contribution in [3.05, 3.63) is 71.3 Å². The molecule has 0 saturated heterocycles. The first-order valence-electron chi connectivity index (χ1n) is 9.57. The molecule has 1 heterocycles. The second kappa shape index (κ2) is 8.37. The molecule has 2 aromatic rings. The predicted octanol–water partition coefficient (Wildman–Crippen LogP) is 4.46. The molecule has 0 spiro atoms. The van der Waals surface area contributed by atoms with Crippen molar-refractivity contribution < 1.29 is 23.1 Å². The molecular weight excluding hydrogens is 381 g/mol. The number of aliphatic hydroxyl groups is 1. The van der Waals surface area contributed by atoms with E-state index >= 15 is 0 Å². The lowest BCUT2D eigenvalue weighted by atomic mass is 9.99. The van der Waals surface area contributed by atoms with Crippen LogP contribution in [-0.2, 0) is 17.6 Å². The fourth-order valence-electron chi connectivity index (χ4n) is 3.32. The zero-order valence-electron chi connectivity index (χ0n) is 16.1. The molecule has 1 aliphatic rings. The van der Waals surface area contributed by atoms with Gasteiger partial charge in [-0.05, 0) is 36.0 Å². The van der Waals surface area contributed by atoms with Gasteiger partial charge in [0.1, 0.15) is 0 Å². The van der Waals surface area contributed by atoms with Gasteiger partial charge in [0.25, 0.3) is 5.72 Å². The van der Waals surface area contributed by atoms with Crippen LogP contribution in [0.4, 0.5) is 13.2 Å². The molecule has 0 aliphatic carbocycles. The number of nitrogens with zero attached hydrogens (tertiary/aromatic N) is 2. The lowest BCUT2D eigenvalue weighted by molar-refractivity contribution is -0.302. The number of hydrogen-bond acceptors (Lipinski definition) is 3. The van der Waals surface area contributed by atoms with Crippen molar-refractivity contribution in [1.29, 1.82) is 0 Å². The molecule has 154 valence electrons. The summed E-state index contributed by atoms with van der Waals surface area (Å²) < 4.78 is 40.9. The molecule has 1 amide bonds. The smallest absolute Gasteiger partial charge is 0.362 e. The number of halogens is 3. The number of hydrogen-bond donors (Lipinski definition) is 1. The van der Waals surface area contributed by atoms with Crippen molar-refractivity contribution in [3.8, 4) is 0 Å². The summed E-state index contributed by atoms with van der Waals surface area (Å²) in [4.78, 5) is 12.5. The first-order valence-corrected chi connectivity index (χ1v) is 9.57. The largest absolute Gasteiger partial charge is 0.438 e.